The standard InChI is InChI=1S/C17H27NO3/c1-17(2,3)11-14(12-19)18-16(20)10-7-13-5-8-15(21-4)9-6-13/h5-6,8-9,14,19H,7,10-12H2,1-4H3,(H,18,20). The number of methoxy groups -OCH3 is 1. The highest BCUT2D eigenvalue weighted by atomic mass is 16.5. The first-order valence-corrected chi connectivity index (χ1v) is 7.37. The number of carbonyl (C=O) groups is 1. The summed E-state index contributed by atoms with van der Waals surface area (Å²) < 4.78 is 5.10. The number of hydrogen-bond donors (Lipinski definition) is 2. The van der Waals surface area contributed by atoms with Crippen molar-refractivity contribution in [1.82, 2.24) is 5.32 Å². The summed E-state index contributed by atoms with van der Waals surface area (Å²) in [5.41, 5.74) is 1.18. The zero-order valence-corrected chi connectivity index (χ0v) is 13.5. The number of nitrogens with one attached hydrogen (secondary N) is 1. The van der Waals surface area contributed by atoms with Crippen LogP contribution in [0.4, 0.5) is 0 Å². The Morgan fingerprint density at radius 2 is 1.90 bits per heavy atom. The molecule has 4 heteroatoms. The molecular formula is C17H27NO3. The molecule has 0 bridgehead atoms. The number of aliphatic hydroxyl groups is 1. The molecule has 1 atom stereocenters. The van der Waals surface area contributed by atoms with Crippen molar-refractivity contribution in [2.24, 2.45) is 5.41 Å². The maximum absolute atomic E-state index is 11.9. The molecule has 2 N–H and O–H groups in total. The molecule has 1 unspecified atom stereocenters. The molecule has 0 heterocycles. The molecule has 4 nitrogen and oxygen atoms in total. The van der Waals surface area contributed by atoms with Crippen molar-refractivity contribution in [2.75, 3.05) is 13.7 Å². The fourth-order valence-electron chi connectivity index (χ4n) is 2.25. The van der Waals surface area contributed by atoms with Gasteiger partial charge in [-0.25, -0.2) is 0 Å². The minimum Gasteiger partial charge on any atom is -0.497 e. The molecule has 21 heavy (non-hydrogen) atoms. The Hall–Kier alpha value is -1.55. The van der Waals surface area contributed by atoms with Crippen LogP contribution in [0, 0.1) is 5.41 Å². The summed E-state index contributed by atoms with van der Waals surface area (Å²) in [7, 11) is 1.63. The van der Waals surface area contributed by atoms with E-state index in [2.05, 4.69) is 26.1 Å². The molecule has 1 aromatic rings. The van der Waals surface area contributed by atoms with E-state index in [1.807, 2.05) is 24.3 Å². The van der Waals surface area contributed by atoms with Gasteiger partial charge in [-0.15, -0.1) is 0 Å². The minimum absolute atomic E-state index is 0.0193. The molecule has 1 aromatic carbocycles. The molecule has 0 aliphatic carbocycles. The smallest absolute Gasteiger partial charge is 0.220 e. The second-order valence-corrected chi connectivity index (χ2v) is 6.56. The van der Waals surface area contributed by atoms with E-state index >= 15 is 0 Å². The Morgan fingerprint density at radius 3 is 2.38 bits per heavy atom. The van der Waals surface area contributed by atoms with Crippen LogP contribution in [0.3, 0.4) is 0 Å². The predicted molar refractivity (Wildman–Crippen MR) is 84.4 cm³/mol. The molecule has 0 fully saturated rings. The number of aryl methyl sites for hydroxylation is 1. The third kappa shape index (κ3) is 7.14. The molecule has 0 spiro atoms. The Labute approximate surface area is 127 Å². The first kappa shape index (κ1) is 17.5. The fourth-order valence-corrected chi connectivity index (χ4v) is 2.25. The van der Waals surface area contributed by atoms with Gasteiger partial charge >= 0.3 is 0 Å². The van der Waals surface area contributed by atoms with Gasteiger partial charge in [0.2, 0.25) is 5.91 Å². The summed E-state index contributed by atoms with van der Waals surface area (Å²) in [5, 5.41) is 12.3. The highest BCUT2D eigenvalue weighted by Gasteiger charge is 2.19. The van der Waals surface area contributed by atoms with E-state index in [1.54, 1.807) is 7.11 Å². The zero-order chi connectivity index (χ0) is 15.9. The van der Waals surface area contributed by atoms with Crippen LogP contribution >= 0.6 is 0 Å². The van der Waals surface area contributed by atoms with Gasteiger partial charge in [-0.1, -0.05) is 32.9 Å². The average molecular weight is 293 g/mol. The number of hydrogen-bond acceptors (Lipinski definition) is 3. The molecule has 0 radical (unpaired) electrons. The monoisotopic (exact) mass is 293 g/mol. The lowest BCUT2D eigenvalue weighted by molar-refractivity contribution is -0.122. The Morgan fingerprint density at radius 1 is 1.29 bits per heavy atom. The zero-order valence-electron chi connectivity index (χ0n) is 13.5. The lowest BCUT2D eigenvalue weighted by atomic mass is 9.88. The van der Waals surface area contributed by atoms with Crippen molar-refractivity contribution in [3.05, 3.63) is 29.8 Å². The number of ether oxygens (including phenoxy) is 1. The number of aliphatic hydroxyl groups excluding tert-OH is 1. The summed E-state index contributed by atoms with van der Waals surface area (Å²) in [5.74, 6) is 0.794. The van der Waals surface area contributed by atoms with Gasteiger partial charge in [0.1, 0.15) is 5.75 Å². The third-order valence-electron chi connectivity index (χ3n) is 3.24. The molecule has 0 saturated heterocycles. The summed E-state index contributed by atoms with van der Waals surface area (Å²) in [6.45, 7) is 6.27. The fraction of sp³-hybridized carbons (Fsp3) is 0.588. The first-order chi connectivity index (χ1) is 9.84. The Balaban J connectivity index is 2.41. The van der Waals surface area contributed by atoms with Crippen LogP contribution in [-0.4, -0.2) is 30.8 Å². The summed E-state index contributed by atoms with van der Waals surface area (Å²) in [6, 6.07) is 7.54. The molecule has 118 valence electrons. The van der Waals surface area contributed by atoms with Crippen LogP contribution in [0.5, 0.6) is 5.75 Å². The lowest BCUT2D eigenvalue weighted by Gasteiger charge is -2.25. The molecule has 0 saturated carbocycles. The van der Waals surface area contributed by atoms with Gasteiger partial charge in [-0.05, 0) is 36.0 Å². The van der Waals surface area contributed by atoms with Crippen molar-refractivity contribution >= 4 is 5.91 Å². The SMILES string of the molecule is COc1ccc(CCC(=O)NC(CO)CC(C)(C)C)cc1. The molecule has 1 amide bonds. The van der Waals surface area contributed by atoms with Crippen LogP contribution in [0.2, 0.25) is 0 Å². The topological polar surface area (TPSA) is 58.6 Å². The van der Waals surface area contributed by atoms with Crippen LogP contribution in [-0.2, 0) is 11.2 Å². The minimum atomic E-state index is -0.173. The van der Waals surface area contributed by atoms with Crippen molar-refractivity contribution < 1.29 is 14.6 Å². The van der Waals surface area contributed by atoms with Gasteiger partial charge in [0.05, 0.1) is 19.8 Å². The van der Waals surface area contributed by atoms with Crippen molar-refractivity contribution in [2.45, 2.75) is 46.1 Å². The van der Waals surface area contributed by atoms with Gasteiger partial charge < -0.3 is 15.2 Å². The number of carbonyl (C=O) groups excluding carboxylic acids is 1. The second-order valence-electron chi connectivity index (χ2n) is 6.56. The quantitative estimate of drug-likeness (QED) is 0.812. The van der Waals surface area contributed by atoms with Crippen molar-refractivity contribution in [3.8, 4) is 5.75 Å². The van der Waals surface area contributed by atoms with Crippen molar-refractivity contribution in [1.29, 1.82) is 0 Å². The van der Waals surface area contributed by atoms with E-state index in [0.29, 0.717) is 12.8 Å². The van der Waals surface area contributed by atoms with Crippen LogP contribution < -0.4 is 10.1 Å². The van der Waals surface area contributed by atoms with Crippen molar-refractivity contribution in [3.63, 3.8) is 0 Å². The van der Waals surface area contributed by atoms with E-state index in [4.69, 9.17) is 4.74 Å². The number of amides is 1. The van der Waals surface area contributed by atoms with E-state index in [-0.39, 0.29) is 24.0 Å². The van der Waals surface area contributed by atoms with E-state index in [1.165, 1.54) is 0 Å². The summed E-state index contributed by atoms with van der Waals surface area (Å²) in [6.07, 6.45) is 1.87. The van der Waals surface area contributed by atoms with E-state index in [0.717, 1.165) is 17.7 Å². The van der Waals surface area contributed by atoms with Gasteiger partial charge in [-0.3, -0.25) is 4.79 Å². The van der Waals surface area contributed by atoms with Gasteiger partial charge in [0.15, 0.2) is 0 Å². The Kier molecular flexibility index (Phi) is 6.69. The summed E-state index contributed by atoms with van der Waals surface area (Å²) >= 11 is 0. The lowest BCUT2D eigenvalue weighted by Crippen LogP contribution is -2.40. The van der Waals surface area contributed by atoms with Gasteiger partial charge in [0, 0.05) is 6.42 Å². The molecule has 0 aliphatic rings. The normalized spacial score (nSPS) is 12.8. The second kappa shape index (κ2) is 8.03. The molecule has 0 aromatic heterocycles. The number of rotatable bonds is 7. The third-order valence-corrected chi connectivity index (χ3v) is 3.24. The van der Waals surface area contributed by atoms with Gasteiger partial charge in [-0.2, -0.15) is 0 Å². The first-order valence-electron chi connectivity index (χ1n) is 7.37. The predicted octanol–water partition coefficient (Wildman–Crippen LogP) is 2.54. The molecular weight excluding hydrogens is 266 g/mol. The van der Waals surface area contributed by atoms with Crippen LogP contribution in [0.25, 0.3) is 0 Å². The summed E-state index contributed by atoms with van der Waals surface area (Å²) in [4.78, 5) is 11.9. The van der Waals surface area contributed by atoms with Crippen LogP contribution in [0.1, 0.15) is 39.2 Å². The largest absolute Gasteiger partial charge is 0.497 e. The van der Waals surface area contributed by atoms with Gasteiger partial charge in [0.25, 0.3) is 0 Å². The van der Waals surface area contributed by atoms with E-state index < -0.39 is 0 Å². The molecule has 0 aliphatic heterocycles. The number of benzene rings is 1. The highest BCUT2D eigenvalue weighted by molar-refractivity contribution is 5.76. The molecule has 1 rings (SSSR count). The maximum Gasteiger partial charge on any atom is 0.220 e. The maximum atomic E-state index is 11.9. The van der Waals surface area contributed by atoms with Crippen LogP contribution in [0.15, 0.2) is 24.3 Å². The highest BCUT2D eigenvalue weighted by Crippen LogP contribution is 2.20. The Bertz CT molecular complexity index is 434. The average Bonchev–Trinajstić information content (AvgIpc) is 2.43. The van der Waals surface area contributed by atoms with E-state index in [9.17, 15) is 9.90 Å².